The summed E-state index contributed by atoms with van der Waals surface area (Å²) in [5.41, 5.74) is 8.32. The largest absolute Gasteiger partial charge is 0.330 e. The highest BCUT2D eigenvalue weighted by Crippen LogP contribution is 2.10. The van der Waals surface area contributed by atoms with Crippen LogP contribution >= 0.6 is 0 Å². The quantitative estimate of drug-likeness (QED) is 0.648. The van der Waals surface area contributed by atoms with E-state index in [1.165, 1.54) is 56.6 Å². The van der Waals surface area contributed by atoms with Crippen molar-refractivity contribution in [1.82, 2.24) is 15.1 Å². The van der Waals surface area contributed by atoms with Crippen LogP contribution in [0.4, 0.5) is 0 Å². The molecule has 4 heteroatoms. The summed E-state index contributed by atoms with van der Waals surface area (Å²) in [6.45, 7) is 8.74. The number of nitrogens with zero attached hydrogens (tertiary/aromatic N) is 2. The summed E-state index contributed by atoms with van der Waals surface area (Å²) in [5, 5.41) is 3.54. The van der Waals surface area contributed by atoms with Gasteiger partial charge in [-0.2, -0.15) is 0 Å². The van der Waals surface area contributed by atoms with E-state index in [1.54, 1.807) is 0 Å². The number of unbranched alkanes of at least 4 members (excludes halogenated alkanes) is 3. The fraction of sp³-hybridized carbons (Fsp3) is 0.684. The van der Waals surface area contributed by atoms with Crippen LogP contribution in [0.5, 0.6) is 0 Å². The summed E-state index contributed by atoms with van der Waals surface area (Å²) in [4.78, 5) is 4.95. The van der Waals surface area contributed by atoms with Gasteiger partial charge in [0.2, 0.25) is 0 Å². The van der Waals surface area contributed by atoms with Gasteiger partial charge in [0, 0.05) is 39.3 Å². The molecule has 23 heavy (non-hydrogen) atoms. The number of nitrogens with two attached hydrogens (primary N) is 1. The fourth-order valence-electron chi connectivity index (χ4n) is 3.01. The average Bonchev–Trinajstić information content (AvgIpc) is 2.58. The van der Waals surface area contributed by atoms with Crippen molar-refractivity contribution in [3.8, 4) is 0 Å². The molecule has 0 amide bonds. The number of piperazine rings is 1. The molecular weight excluding hydrogens is 284 g/mol. The van der Waals surface area contributed by atoms with Crippen molar-refractivity contribution >= 4 is 0 Å². The predicted molar refractivity (Wildman–Crippen MR) is 98.4 cm³/mol. The van der Waals surface area contributed by atoms with Gasteiger partial charge >= 0.3 is 0 Å². The minimum Gasteiger partial charge on any atom is -0.330 e. The fourth-order valence-corrected chi connectivity index (χ4v) is 3.01. The van der Waals surface area contributed by atoms with Crippen LogP contribution in [0.3, 0.4) is 0 Å². The third kappa shape index (κ3) is 7.44. The Kier molecular flexibility index (Phi) is 8.61. The highest BCUT2D eigenvalue weighted by Gasteiger charge is 2.13. The zero-order valence-electron chi connectivity index (χ0n) is 14.8. The van der Waals surface area contributed by atoms with E-state index in [9.17, 15) is 0 Å². The molecule has 0 aliphatic carbocycles. The Morgan fingerprint density at radius 3 is 2.26 bits per heavy atom. The molecule has 2 rings (SSSR count). The molecule has 1 aliphatic heterocycles. The molecular formula is C19H34N4. The van der Waals surface area contributed by atoms with Gasteiger partial charge in [-0.3, -0.25) is 4.90 Å². The lowest BCUT2D eigenvalue weighted by Gasteiger charge is -2.32. The number of rotatable bonds is 10. The first kappa shape index (κ1) is 18.4. The molecule has 1 aromatic carbocycles. The summed E-state index contributed by atoms with van der Waals surface area (Å²) in [6.07, 6.45) is 4.96. The molecule has 0 bridgehead atoms. The van der Waals surface area contributed by atoms with Crippen LogP contribution < -0.4 is 11.1 Å². The van der Waals surface area contributed by atoms with Crippen molar-refractivity contribution in [2.24, 2.45) is 5.73 Å². The number of nitrogens with one attached hydrogen (secondary N) is 1. The Morgan fingerprint density at radius 1 is 0.913 bits per heavy atom. The monoisotopic (exact) mass is 318 g/mol. The zero-order valence-corrected chi connectivity index (χ0v) is 14.8. The Labute approximate surface area is 142 Å². The van der Waals surface area contributed by atoms with Gasteiger partial charge in [-0.05, 0) is 44.1 Å². The van der Waals surface area contributed by atoms with Crippen molar-refractivity contribution in [3.05, 3.63) is 35.4 Å². The summed E-state index contributed by atoms with van der Waals surface area (Å²) >= 11 is 0. The second-order valence-electron chi connectivity index (χ2n) is 6.78. The molecule has 0 radical (unpaired) electrons. The molecule has 1 heterocycles. The van der Waals surface area contributed by atoms with E-state index in [4.69, 9.17) is 5.73 Å². The summed E-state index contributed by atoms with van der Waals surface area (Å²) in [5.74, 6) is 0. The average molecular weight is 319 g/mol. The van der Waals surface area contributed by atoms with Crippen molar-refractivity contribution in [2.75, 3.05) is 46.3 Å². The number of hydrogen-bond donors (Lipinski definition) is 2. The number of hydrogen-bond acceptors (Lipinski definition) is 4. The summed E-state index contributed by atoms with van der Waals surface area (Å²) in [7, 11) is 2.21. The van der Waals surface area contributed by atoms with E-state index in [1.807, 2.05) is 0 Å². The van der Waals surface area contributed by atoms with Crippen LogP contribution in [0.2, 0.25) is 0 Å². The molecule has 1 aliphatic rings. The van der Waals surface area contributed by atoms with Crippen molar-refractivity contribution in [2.45, 2.75) is 38.8 Å². The Bertz CT molecular complexity index is 410. The normalized spacial score (nSPS) is 16.8. The van der Waals surface area contributed by atoms with Gasteiger partial charge < -0.3 is 16.0 Å². The van der Waals surface area contributed by atoms with E-state index >= 15 is 0 Å². The first-order chi connectivity index (χ1) is 11.3. The molecule has 0 spiro atoms. The lowest BCUT2D eigenvalue weighted by molar-refractivity contribution is 0.148. The van der Waals surface area contributed by atoms with Gasteiger partial charge in [0.15, 0.2) is 0 Å². The maximum Gasteiger partial charge on any atom is 0.0234 e. The minimum atomic E-state index is 0.827. The Hall–Kier alpha value is -0.940. The molecule has 0 atom stereocenters. The second-order valence-corrected chi connectivity index (χ2v) is 6.78. The highest BCUT2D eigenvalue weighted by atomic mass is 15.2. The number of benzene rings is 1. The first-order valence-electron chi connectivity index (χ1n) is 9.17. The van der Waals surface area contributed by atoms with E-state index in [2.05, 4.69) is 46.4 Å². The standard InChI is InChI=1S/C19H34N4/c1-22-12-14-23(15-13-22)17-19-8-6-18(7-9-19)16-21-11-5-3-2-4-10-20/h6-9,21H,2-5,10-17,20H2,1H3. The van der Waals surface area contributed by atoms with E-state index in [0.717, 1.165) is 32.6 Å². The first-order valence-corrected chi connectivity index (χ1v) is 9.17. The SMILES string of the molecule is CN1CCN(Cc2ccc(CNCCCCCCN)cc2)CC1. The lowest BCUT2D eigenvalue weighted by Crippen LogP contribution is -2.43. The zero-order chi connectivity index (χ0) is 16.3. The van der Waals surface area contributed by atoms with E-state index in [-0.39, 0.29) is 0 Å². The van der Waals surface area contributed by atoms with Gasteiger partial charge in [0.05, 0.1) is 0 Å². The molecule has 4 nitrogen and oxygen atoms in total. The number of likely N-dealkylation sites (N-methyl/N-ethyl adjacent to an activating group) is 1. The third-order valence-corrected chi connectivity index (χ3v) is 4.66. The van der Waals surface area contributed by atoms with Gasteiger partial charge in [-0.1, -0.05) is 37.1 Å². The van der Waals surface area contributed by atoms with Gasteiger partial charge in [0.1, 0.15) is 0 Å². The van der Waals surface area contributed by atoms with Crippen LogP contribution in [0, 0.1) is 0 Å². The molecule has 0 saturated carbocycles. The smallest absolute Gasteiger partial charge is 0.0234 e. The van der Waals surface area contributed by atoms with Gasteiger partial charge in [0.25, 0.3) is 0 Å². The molecule has 0 aromatic heterocycles. The highest BCUT2D eigenvalue weighted by molar-refractivity contribution is 5.22. The molecule has 130 valence electrons. The molecule has 1 saturated heterocycles. The molecule has 3 N–H and O–H groups in total. The Balaban J connectivity index is 1.60. The van der Waals surface area contributed by atoms with Gasteiger partial charge in [-0.15, -0.1) is 0 Å². The third-order valence-electron chi connectivity index (χ3n) is 4.66. The van der Waals surface area contributed by atoms with Gasteiger partial charge in [-0.25, -0.2) is 0 Å². The molecule has 1 fully saturated rings. The summed E-state index contributed by atoms with van der Waals surface area (Å²) in [6, 6.07) is 9.12. The van der Waals surface area contributed by atoms with Crippen LogP contribution in [-0.4, -0.2) is 56.1 Å². The Morgan fingerprint density at radius 2 is 1.57 bits per heavy atom. The second kappa shape index (κ2) is 10.8. The maximum atomic E-state index is 5.50. The van der Waals surface area contributed by atoms with Crippen LogP contribution in [0.15, 0.2) is 24.3 Å². The van der Waals surface area contributed by atoms with Crippen molar-refractivity contribution < 1.29 is 0 Å². The minimum absolute atomic E-state index is 0.827. The van der Waals surface area contributed by atoms with Crippen LogP contribution in [-0.2, 0) is 13.1 Å². The van der Waals surface area contributed by atoms with E-state index in [0.29, 0.717) is 0 Å². The van der Waals surface area contributed by atoms with E-state index < -0.39 is 0 Å². The topological polar surface area (TPSA) is 44.5 Å². The van der Waals surface area contributed by atoms with Crippen LogP contribution in [0.1, 0.15) is 36.8 Å². The molecule has 1 aromatic rings. The van der Waals surface area contributed by atoms with Crippen molar-refractivity contribution in [1.29, 1.82) is 0 Å². The predicted octanol–water partition coefficient (Wildman–Crippen LogP) is 2.04. The maximum absolute atomic E-state index is 5.50. The van der Waals surface area contributed by atoms with Crippen molar-refractivity contribution in [3.63, 3.8) is 0 Å². The molecule has 0 unspecified atom stereocenters. The lowest BCUT2D eigenvalue weighted by atomic mass is 10.1. The summed E-state index contributed by atoms with van der Waals surface area (Å²) < 4.78 is 0. The van der Waals surface area contributed by atoms with Crippen LogP contribution in [0.25, 0.3) is 0 Å².